The summed E-state index contributed by atoms with van der Waals surface area (Å²) in [6.07, 6.45) is 0.0872. The SMILES string of the molecule is CC(=O)c1ccc(-c2cccc(OC(C)C)c2)n(C)c1=O. The maximum atomic E-state index is 12.2. The molecule has 0 aliphatic carbocycles. The number of ether oxygens (including phenoxy) is 1. The zero-order valence-electron chi connectivity index (χ0n) is 12.7. The van der Waals surface area contributed by atoms with Crippen LogP contribution in [0.25, 0.3) is 11.3 Å². The van der Waals surface area contributed by atoms with Crippen molar-refractivity contribution in [2.45, 2.75) is 26.9 Å². The topological polar surface area (TPSA) is 48.3 Å². The highest BCUT2D eigenvalue weighted by Gasteiger charge is 2.11. The fourth-order valence-corrected chi connectivity index (χ4v) is 2.19. The predicted molar refractivity (Wildman–Crippen MR) is 82.9 cm³/mol. The quantitative estimate of drug-likeness (QED) is 0.811. The summed E-state index contributed by atoms with van der Waals surface area (Å²) in [6, 6.07) is 10.9. The Morgan fingerprint density at radius 2 is 1.90 bits per heavy atom. The standard InChI is InChI=1S/C17H19NO3/c1-11(2)21-14-7-5-6-13(10-14)16-9-8-15(12(3)19)17(20)18(16)4/h5-11H,1-4H3. The highest BCUT2D eigenvalue weighted by atomic mass is 16.5. The Morgan fingerprint density at radius 1 is 1.19 bits per heavy atom. The summed E-state index contributed by atoms with van der Waals surface area (Å²) in [5, 5.41) is 0. The summed E-state index contributed by atoms with van der Waals surface area (Å²) in [4.78, 5) is 23.6. The van der Waals surface area contributed by atoms with E-state index in [2.05, 4.69) is 0 Å². The van der Waals surface area contributed by atoms with Crippen LogP contribution < -0.4 is 10.3 Å². The second-order valence-electron chi connectivity index (χ2n) is 5.25. The van der Waals surface area contributed by atoms with Crippen molar-refractivity contribution in [3.8, 4) is 17.0 Å². The first-order valence-corrected chi connectivity index (χ1v) is 6.88. The molecule has 0 fully saturated rings. The number of carbonyl (C=O) groups is 1. The molecule has 4 nitrogen and oxygen atoms in total. The highest BCUT2D eigenvalue weighted by molar-refractivity contribution is 5.93. The monoisotopic (exact) mass is 285 g/mol. The molecule has 1 aromatic heterocycles. The lowest BCUT2D eigenvalue weighted by Gasteiger charge is -2.13. The number of aromatic nitrogens is 1. The van der Waals surface area contributed by atoms with E-state index < -0.39 is 0 Å². The van der Waals surface area contributed by atoms with Gasteiger partial charge in [0.25, 0.3) is 5.56 Å². The van der Waals surface area contributed by atoms with Gasteiger partial charge in [-0.3, -0.25) is 9.59 Å². The van der Waals surface area contributed by atoms with Gasteiger partial charge in [0, 0.05) is 12.6 Å². The lowest BCUT2D eigenvalue weighted by atomic mass is 10.1. The van der Waals surface area contributed by atoms with Crippen LogP contribution in [0.15, 0.2) is 41.2 Å². The number of Topliss-reactive ketones (excluding diaryl/α,β-unsaturated/α-hetero) is 1. The summed E-state index contributed by atoms with van der Waals surface area (Å²) >= 11 is 0. The number of nitrogens with zero attached hydrogens (tertiary/aromatic N) is 1. The fourth-order valence-electron chi connectivity index (χ4n) is 2.19. The number of pyridine rings is 1. The van der Waals surface area contributed by atoms with E-state index in [1.54, 1.807) is 19.2 Å². The van der Waals surface area contributed by atoms with Crippen LogP contribution >= 0.6 is 0 Å². The molecule has 4 heteroatoms. The van der Waals surface area contributed by atoms with E-state index in [4.69, 9.17) is 4.74 Å². The van der Waals surface area contributed by atoms with E-state index in [0.717, 1.165) is 17.0 Å². The Bertz CT molecular complexity index is 729. The first kappa shape index (κ1) is 15.0. The molecule has 0 saturated heterocycles. The van der Waals surface area contributed by atoms with Crippen LogP contribution in [0.2, 0.25) is 0 Å². The lowest BCUT2D eigenvalue weighted by Crippen LogP contribution is -2.24. The van der Waals surface area contributed by atoms with Crippen LogP contribution in [0, 0.1) is 0 Å². The van der Waals surface area contributed by atoms with Gasteiger partial charge in [0.1, 0.15) is 5.75 Å². The van der Waals surface area contributed by atoms with Crippen molar-refractivity contribution in [1.29, 1.82) is 0 Å². The Hall–Kier alpha value is -2.36. The number of benzene rings is 1. The highest BCUT2D eigenvalue weighted by Crippen LogP contribution is 2.23. The van der Waals surface area contributed by atoms with E-state index in [0.29, 0.717) is 0 Å². The van der Waals surface area contributed by atoms with Crippen LogP contribution in [0.3, 0.4) is 0 Å². The van der Waals surface area contributed by atoms with E-state index >= 15 is 0 Å². The molecular weight excluding hydrogens is 266 g/mol. The second kappa shape index (κ2) is 5.95. The average molecular weight is 285 g/mol. The molecule has 2 rings (SSSR count). The molecule has 1 aromatic carbocycles. The molecule has 0 amide bonds. The van der Waals surface area contributed by atoms with Gasteiger partial charge >= 0.3 is 0 Å². The van der Waals surface area contributed by atoms with Crippen molar-refractivity contribution in [2.24, 2.45) is 7.05 Å². The van der Waals surface area contributed by atoms with Crippen LogP contribution in [0.4, 0.5) is 0 Å². The Balaban J connectivity index is 2.50. The van der Waals surface area contributed by atoms with Gasteiger partial charge in [-0.05, 0) is 45.0 Å². The molecule has 0 unspecified atom stereocenters. The average Bonchev–Trinajstić information content (AvgIpc) is 2.41. The van der Waals surface area contributed by atoms with Crippen molar-refractivity contribution in [3.63, 3.8) is 0 Å². The van der Waals surface area contributed by atoms with Crippen LogP contribution in [-0.2, 0) is 7.05 Å². The van der Waals surface area contributed by atoms with E-state index in [1.165, 1.54) is 11.5 Å². The van der Waals surface area contributed by atoms with E-state index in [-0.39, 0.29) is 23.0 Å². The minimum absolute atomic E-state index is 0.0872. The van der Waals surface area contributed by atoms with Gasteiger partial charge in [-0.1, -0.05) is 12.1 Å². The maximum Gasteiger partial charge on any atom is 0.261 e. The molecule has 0 aliphatic rings. The van der Waals surface area contributed by atoms with E-state index in [9.17, 15) is 9.59 Å². The molecule has 0 N–H and O–H groups in total. The first-order valence-electron chi connectivity index (χ1n) is 6.88. The lowest BCUT2D eigenvalue weighted by molar-refractivity contribution is 0.101. The van der Waals surface area contributed by atoms with Crippen LogP contribution in [0.1, 0.15) is 31.1 Å². The predicted octanol–water partition coefficient (Wildman–Crippen LogP) is 3.04. The number of ketones is 1. The summed E-state index contributed by atoms with van der Waals surface area (Å²) in [5.74, 6) is 0.532. The minimum atomic E-state index is -0.282. The van der Waals surface area contributed by atoms with Gasteiger partial charge in [0.05, 0.1) is 17.4 Å². The van der Waals surface area contributed by atoms with Crippen molar-refractivity contribution in [3.05, 3.63) is 52.3 Å². The van der Waals surface area contributed by atoms with Crippen molar-refractivity contribution in [2.75, 3.05) is 0 Å². The molecule has 110 valence electrons. The third kappa shape index (κ3) is 3.21. The van der Waals surface area contributed by atoms with Gasteiger partial charge in [-0.15, -0.1) is 0 Å². The molecule has 0 spiro atoms. The summed E-state index contributed by atoms with van der Waals surface area (Å²) in [5.41, 5.74) is 1.55. The van der Waals surface area contributed by atoms with Gasteiger partial charge in [0.2, 0.25) is 0 Å². The van der Waals surface area contributed by atoms with Gasteiger partial charge in [-0.2, -0.15) is 0 Å². The second-order valence-corrected chi connectivity index (χ2v) is 5.25. The Kier molecular flexibility index (Phi) is 4.26. The molecule has 0 radical (unpaired) electrons. The number of carbonyl (C=O) groups excluding carboxylic acids is 1. The normalized spacial score (nSPS) is 10.7. The van der Waals surface area contributed by atoms with Crippen molar-refractivity contribution in [1.82, 2.24) is 4.57 Å². The largest absolute Gasteiger partial charge is 0.491 e. The third-order valence-electron chi connectivity index (χ3n) is 3.19. The van der Waals surface area contributed by atoms with Gasteiger partial charge in [-0.25, -0.2) is 0 Å². The Morgan fingerprint density at radius 3 is 2.52 bits per heavy atom. The molecular formula is C17H19NO3. The van der Waals surface area contributed by atoms with Crippen molar-refractivity contribution < 1.29 is 9.53 Å². The summed E-state index contributed by atoms with van der Waals surface area (Å²) < 4.78 is 7.16. The molecule has 21 heavy (non-hydrogen) atoms. The maximum absolute atomic E-state index is 12.2. The zero-order valence-corrected chi connectivity index (χ0v) is 12.7. The molecule has 0 aliphatic heterocycles. The summed E-state index contributed by atoms with van der Waals surface area (Å²) in [6.45, 7) is 5.32. The molecule has 1 heterocycles. The van der Waals surface area contributed by atoms with Gasteiger partial charge in [0.15, 0.2) is 5.78 Å². The zero-order chi connectivity index (χ0) is 15.6. The number of hydrogen-bond donors (Lipinski definition) is 0. The van der Waals surface area contributed by atoms with Crippen LogP contribution in [0.5, 0.6) is 5.75 Å². The Labute approximate surface area is 124 Å². The smallest absolute Gasteiger partial charge is 0.261 e. The van der Waals surface area contributed by atoms with Gasteiger partial charge < -0.3 is 9.30 Å². The molecule has 0 bridgehead atoms. The van der Waals surface area contributed by atoms with E-state index in [1.807, 2.05) is 38.1 Å². The van der Waals surface area contributed by atoms with Crippen LogP contribution in [-0.4, -0.2) is 16.5 Å². The fraction of sp³-hybridized carbons (Fsp3) is 0.294. The molecule has 0 saturated carbocycles. The minimum Gasteiger partial charge on any atom is -0.491 e. The number of rotatable bonds is 4. The molecule has 0 atom stereocenters. The van der Waals surface area contributed by atoms with Crippen molar-refractivity contribution >= 4 is 5.78 Å². The number of hydrogen-bond acceptors (Lipinski definition) is 3. The molecule has 2 aromatic rings. The first-order chi connectivity index (χ1) is 9.90. The third-order valence-corrected chi connectivity index (χ3v) is 3.19. The summed E-state index contributed by atoms with van der Waals surface area (Å²) in [7, 11) is 1.67.